The Kier molecular flexibility index (Phi) is 4.07. The summed E-state index contributed by atoms with van der Waals surface area (Å²) in [4.78, 5) is 24.3. The van der Waals surface area contributed by atoms with Crippen LogP contribution in [0.4, 0.5) is 11.4 Å². The summed E-state index contributed by atoms with van der Waals surface area (Å²) in [5, 5.41) is 14.3. The van der Waals surface area contributed by atoms with Crippen LogP contribution in [0, 0.1) is 11.3 Å². The molecule has 0 radical (unpaired) electrons. The Hall–Kier alpha value is -3.13. The minimum Gasteiger partial charge on any atom is -0.326 e. The quantitative estimate of drug-likeness (QED) is 0.914. The van der Waals surface area contributed by atoms with Crippen LogP contribution in [-0.4, -0.2) is 11.8 Å². The van der Waals surface area contributed by atoms with Gasteiger partial charge in [0.15, 0.2) is 0 Å². The van der Waals surface area contributed by atoms with E-state index in [4.69, 9.17) is 5.26 Å². The third-order valence-corrected chi connectivity index (χ3v) is 3.82. The SMILES string of the molecule is N#CCc1ccc(NC(=O)[C@H]2CC(=O)Nc3ccccc32)cc1. The van der Waals surface area contributed by atoms with Crippen molar-refractivity contribution in [3.8, 4) is 6.07 Å². The predicted molar refractivity (Wildman–Crippen MR) is 86.8 cm³/mol. The number of fused-ring (bicyclic) bond motifs is 1. The Morgan fingerprint density at radius 2 is 1.96 bits per heavy atom. The second-order valence-electron chi connectivity index (χ2n) is 5.41. The molecule has 5 heteroatoms. The van der Waals surface area contributed by atoms with Crippen LogP contribution < -0.4 is 10.6 Å². The fourth-order valence-corrected chi connectivity index (χ4v) is 2.67. The maximum Gasteiger partial charge on any atom is 0.232 e. The number of nitriles is 1. The first kappa shape index (κ1) is 14.8. The van der Waals surface area contributed by atoms with Crippen LogP contribution in [0.2, 0.25) is 0 Å². The number of benzene rings is 2. The van der Waals surface area contributed by atoms with Crippen molar-refractivity contribution in [2.45, 2.75) is 18.8 Å². The topological polar surface area (TPSA) is 82.0 Å². The fourth-order valence-electron chi connectivity index (χ4n) is 2.67. The number of amides is 2. The van der Waals surface area contributed by atoms with Crippen LogP contribution in [-0.2, 0) is 16.0 Å². The van der Waals surface area contributed by atoms with Crippen molar-refractivity contribution in [1.29, 1.82) is 5.26 Å². The Morgan fingerprint density at radius 3 is 2.70 bits per heavy atom. The molecule has 0 aromatic heterocycles. The Balaban J connectivity index is 1.78. The lowest BCUT2D eigenvalue weighted by atomic mass is 9.90. The molecule has 0 unspecified atom stereocenters. The van der Waals surface area contributed by atoms with E-state index in [0.717, 1.165) is 11.1 Å². The number of hydrogen-bond acceptors (Lipinski definition) is 3. The second kappa shape index (κ2) is 6.32. The fraction of sp³-hybridized carbons (Fsp3) is 0.167. The normalized spacial score (nSPS) is 16.0. The average molecular weight is 305 g/mol. The molecular formula is C18H15N3O2. The maximum absolute atomic E-state index is 12.5. The number of rotatable bonds is 3. The Labute approximate surface area is 133 Å². The van der Waals surface area contributed by atoms with Crippen LogP contribution in [0.5, 0.6) is 0 Å². The number of carbonyl (C=O) groups is 2. The highest BCUT2D eigenvalue weighted by Crippen LogP contribution is 2.32. The van der Waals surface area contributed by atoms with Crippen LogP contribution in [0.3, 0.4) is 0 Å². The Bertz CT molecular complexity index is 791. The summed E-state index contributed by atoms with van der Waals surface area (Å²) >= 11 is 0. The van der Waals surface area contributed by atoms with Gasteiger partial charge < -0.3 is 10.6 Å². The molecule has 2 N–H and O–H groups in total. The molecule has 114 valence electrons. The largest absolute Gasteiger partial charge is 0.326 e. The first-order chi connectivity index (χ1) is 11.2. The van der Waals surface area contributed by atoms with E-state index < -0.39 is 5.92 Å². The molecule has 0 fully saturated rings. The van der Waals surface area contributed by atoms with E-state index in [0.29, 0.717) is 17.8 Å². The molecule has 0 saturated heterocycles. The highest BCUT2D eigenvalue weighted by Gasteiger charge is 2.30. The summed E-state index contributed by atoms with van der Waals surface area (Å²) < 4.78 is 0. The van der Waals surface area contributed by atoms with Crippen LogP contribution in [0.15, 0.2) is 48.5 Å². The highest BCUT2D eigenvalue weighted by atomic mass is 16.2. The van der Waals surface area contributed by atoms with Crippen LogP contribution in [0.25, 0.3) is 0 Å². The van der Waals surface area contributed by atoms with Crippen molar-refractivity contribution in [1.82, 2.24) is 0 Å². The van der Waals surface area contributed by atoms with E-state index in [-0.39, 0.29) is 18.2 Å². The first-order valence-corrected chi connectivity index (χ1v) is 7.33. The number of para-hydroxylation sites is 1. The summed E-state index contributed by atoms with van der Waals surface area (Å²) in [6, 6.07) is 16.6. The molecule has 1 aliphatic rings. The van der Waals surface area contributed by atoms with Gasteiger partial charge in [-0.2, -0.15) is 5.26 Å². The first-order valence-electron chi connectivity index (χ1n) is 7.33. The second-order valence-corrected chi connectivity index (χ2v) is 5.41. The number of nitrogens with zero attached hydrogens (tertiary/aromatic N) is 1. The summed E-state index contributed by atoms with van der Waals surface area (Å²) in [5.74, 6) is -0.868. The highest BCUT2D eigenvalue weighted by molar-refractivity contribution is 6.05. The van der Waals surface area contributed by atoms with Gasteiger partial charge >= 0.3 is 0 Å². The van der Waals surface area contributed by atoms with E-state index in [2.05, 4.69) is 16.7 Å². The molecule has 0 spiro atoms. The van der Waals surface area contributed by atoms with Gasteiger partial charge in [-0.3, -0.25) is 9.59 Å². The average Bonchev–Trinajstić information content (AvgIpc) is 2.56. The van der Waals surface area contributed by atoms with Crippen molar-refractivity contribution in [3.63, 3.8) is 0 Å². The third kappa shape index (κ3) is 3.22. The molecule has 1 atom stereocenters. The summed E-state index contributed by atoms with van der Waals surface area (Å²) in [5.41, 5.74) is 3.06. The van der Waals surface area contributed by atoms with Gasteiger partial charge in [-0.25, -0.2) is 0 Å². The van der Waals surface area contributed by atoms with Gasteiger partial charge in [-0.05, 0) is 29.3 Å². The number of nitrogens with one attached hydrogen (secondary N) is 2. The maximum atomic E-state index is 12.5. The van der Waals surface area contributed by atoms with Crippen molar-refractivity contribution in [2.24, 2.45) is 0 Å². The monoisotopic (exact) mass is 305 g/mol. The van der Waals surface area contributed by atoms with E-state index in [9.17, 15) is 9.59 Å². The van der Waals surface area contributed by atoms with Gasteiger partial charge in [0.2, 0.25) is 11.8 Å². The predicted octanol–water partition coefficient (Wildman–Crippen LogP) is 2.82. The van der Waals surface area contributed by atoms with Crippen LogP contribution >= 0.6 is 0 Å². The molecule has 3 rings (SSSR count). The summed E-state index contributed by atoms with van der Waals surface area (Å²) in [7, 11) is 0. The molecule has 2 aromatic carbocycles. The third-order valence-electron chi connectivity index (χ3n) is 3.82. The molecule has 2 aromatic rings. The minimum absolute atomic E-state index is 0.134. The molecule has 0 bridgehead atoms. The van der Waals surface area contributed by atoms with Crippen molar-refractivity contribution in [3.05, 3.63) is 59.7 Å². The zero-order chi connectivity index (χ0) is 16.2. The summed E-state index contributed by atoms with van der Waals surface area (Å²) in [6.07, 6.45) is 0.472. The van der Waals surface area contributed by atoms with E-state index in [1.54, 1.807) is 30.3 Å². The van der Waals surface area contributed by atoms with Gasteiger partial charge in [0, 0.05) is 17.8 Å². The van der Waals surface area contributed by atoms with Gasteiger partial charge in [-0.1, -0.05) is 30.3 Å². The molecule has 0 aliphatic carbocycles. The van der Waals surface area contributed by atoms with E-state index in [1.165, 1.54) is 0 Å². The lowest BCUT2D eigenvalue weighted by molar-refractivity contribution is -0.123. The Morgan fingerprint density at radius 1 is 1.22 bits per heavy atom. The zero-order valence-electron chi connectivity index (χ0n) is 12.4. The molecule has 1 aliphatic heterocycles. The van der Waals surface area contributed by atoms with Gasteiger partial charge in [0.05, 0.1) is 18.4 Å². The lowest BCUT2D eigenvalue weighted by Gasteiger charge is -2.24. The van der Waals surface area contributed by atoms with Gasteiger partial charge in [0.1, 0.15) is 0 Å². The summed E-state index contributed by atoms with van der Waals surface area (Å²) in [6.45, 7) is 0. The number of carbonyl (C=O) groups excluding carboxylic acids is 2. The molecule has 1 heterocycles. The van der Waals surface area contributed by atoms with Gasteiger partial charge in [0.25, 0.3) is 0 Å². The van der Waals surface area contributed by atoms with Gasteiger partial charge in [-0.15, -0.1) is 0 Å². The lowest BCUT2D eigenvalue weighted by Crippen LogP contribution is -2.30. The standard InChI is InChI=1S/C18H15N3O2/c19-10-9-12-5-7-13(8-6-12)20-18(23)15-11-17(22)21-16-4-2-1-3-14(15)16/h1-8,15H,9,11H2,(H,20,23)(H,21,22)/t15-/m0/s1. The molecule has 0 saturated carbocycles. The number of hydrogen-bond donors (Lipinski definition) is 2. The van der Waals surface area contributed by atoms with Crippen molar-refractivity contribution < 1.29 is 9.59 Å². The van der Waals surface area contributed by atoms with E-state index in [1.807, 2.05) is 18.2 Å². The molecule has 2 amide bonds. The van der Waals surface area contributed by atoms with Crippen LogP contribution in [0.1, 0.15) is 23.5 Å². The van der Waals surface area contributed by atoms with Crippen molar-refractivity contribution >= 4 is 23.2 Å². The minimum atomic E-state index is -0.501. The van der Waals surface area contributed by atoms with E-state index >= 15 is 0 Å². The molecular weight excluding hydrogens is 290 g/mol. The zero-order valence-corrected chi connectivity index (χ0v) is 12.4. The smallest absolute Gasteiger partial charge is 0.232 e. The van der Waals surface area contributed by atoms with Crippen molar-refractivity contribution in [2.75, 3.05) is 10.6 Å². The molecule has 23 heavy (non-hydrogen) atoms. The number of anilines is 2. The molecule has 5 nitrogen and oxygen atoms in total.